The van der Waals surface area contributed by atoms with Crippen LogP contribution in [0.5, 0.6) is 10.8 Å². The fourth-order valence-electron chi connectivity index (χ4n) is 2.06. The van der Waals surface area contributed by atoms with Crippen LogP contribution in [0.4, 0.5) is 5.69 Å². The molecule has 26 heavy (non-hydrogen) atoms. The number of aryl methyl sites for hydroxylation is 2. The second kappa shape index (κ2) is 9.00. The number of nitrogens with zero attached hydrogens (tertiary/aromatic N) is 3. The fraction of sp³-hybridized carbons (Fsp3) is 0.389. The Morgan fingerprint density at radius 3 is 2.77 bits per heavy atom. The van der Waals surface area contributed by atoms with Gasteiger partial charge >= 0.3 is 5.97 Å². The predicted molar refractivity (Wildman–Crippen MR) is 106 cm³/mol. The first kappa shape index (κ1) is 20.2. The Hall–Kier alpha value is -2.12. The van der Waals surface area contributed by atoms with Crippen molar-refractivity contribution in [3.05, 3.63) is 34.0 Å². The molecule has 0 fully saturated rings. The molecule has 0 saturated carbocycles. The molecule has 0 spiro atoms. The third-order valence-electron chi connectivity index (χ3n) is 3.66. The number of benzene rings is 1. The zero-order valence-electron chi connectivity index (χ0n) is 15.5. The Labute approximate surface area is 162 Å². The number of hydrogen-bond acceptors (Lipinski definition) is 6. The summed E-state index contributed by atoms with van der Waals surface area (Å²) in [6.45, 7) is 8.60. The van der Waals surface area contributed by atoms with Crippen molar-refractivity contribution in [1.82, 2.24) is 9.27 Å². The zero-order chi connectivity index (χ0) is 19.3. The summed E-state index contributed by atoms with van der Waals surface area (Å²) in [6.07, 6.45) is 1.75. The summed E-state index contributed by atoms with van der Waals surface area (Å²) < 4.78 is 15.1. The van der Waals surface area contributed by atoms with E-state index >= 15 is 0 Å². The van der Waals surface area contributed by atoms with Crippen LogP contribution in [-0.2, 0) is 4.74 Å². The summed E-state index contributed by atoms with van der Waals surface area (Å²) in [7, 11) is 1.95. The SMILES string of the molecule is CCOC(=O)c1c(C)nsc1Oc1cc(C)c(N=CN(C)CC)cc1Cl. The topological polar surface area (TPSA) is 64.0 Å². The van der Waals surface area contributed by atoms with Gasteiger partial charge < -0.3 is 14.4 Å². The molecule has 0 aliphatic heterocycles. The monoisotopic (exact) mass is 395 g/mol. The van der Waals surface area contributed by atoms with Crippen LogP contribution in [0.1, 0.15) is 35.5 Å². The molecule has 0 unspecified atom stereocenters. The van der Waals surface area contributed by atoms with Gasteiger partial charge in [-0.3, -0.25) is 0 Å². The van der Waals surface area contributed by atoms with Crippen molar-refractivity contribution in [3.8, 4) is 10.8 Å². The van der Waals surface area contributed by atoms with E-state index in [1.165, 1.54) is 0 Å². The van der Waals surface area contributed by atoms with Crippen molar-refractivity contribution in [2.24, 2.45) is 4.99 Å². The molecule has 8 heteroatoms. The molecule has 140 valence electrons. The largest absolute Gasteiger partial charge is 0.462 e. The summed E-state index contributed by atoms with van der Waals surface area (Å²) in [5.74, 6) is -0.00780. The van der Waals surface area contributed by atoms with Gasteiger partial charge in [0, 0.05) is 25.1 Å². The molecular weight excluding hydrogens is 374 g/mol. The Bertz CT molecular complexity index is 820. The van der Waals surface area contributed by atoms with Crippen LogP contribution >= 0.6 is 23.1 Å². The lowest BCUT2D eigenvalue weighted by molar-refractivity contribution is 0.0523. The van der Waals surface area contributed by atoms with E-state index in [2.05, 4.69) is 9.37 Å². The molecule has 0 bridgehead atoms. The average Bonchev–Trinajstić information content (AvgIpc) is 2.96. The van der Waals surface area contributed by atoms with E-state index in [1.807, 2.05) is 25.8 Å². The highest BCUT2D eigenvalue weighted by Gasteiger charge is 2.22. The van der Waals surface area contributed by atoms with E-state index in [4.69, 9.17) is 21.1 Å². The summed E-state index contributed by atoms with van der Waals surface area (Å²) in [6, 6.07) is 3.54. The van der Waals surface area contributed by atoms with Gasteiger partial charge in [0.05, 0.1) is 29.3 Å². The first-order valence-corrected chi connectivity index (χ1v) is 9.38. The molecule has 0 radical (unpaired) electrons. The molecule has 6 nitrogen and oxygen atoms in total. The van der Waals surface area contributed by atoms with Gasteiger partial charge in [-0.1, -0.05) is 11.6 Å². The lowest BCUT2D eigenvalue weighted by Gasteiger charge is -2.11. The standard InChI is InChI=1S/C18H22ClN3O3S/c1-6-22(5)10-20-14-9-13(19)15(8-11(14)3)25-18-16(12(4)21-26-18)17(23)24-7-2/h8-10H,6-7H2,1-5H3. The number of carbonyl (C=O) groups is 1. The van der Waals surface area contributed by atoms with Crippen LogP contribution in [0.2, 0.25) is 5.02 Å². The summed E-state index contributed by atoms with van der Waals surface area (Å²) in [5.41, 5.74) is 2.56. The van der Waals surface area contributed by atoms with E-state index in [1.54, 1.807) is 32.3 Å². The minimum absolute atomic E-state index is 0.284. The number of rotatable bonds is 7. The van der Waals surface area contributed by atoms with E-state index in [0.717, 1.165) is 29.3 Å². The molecule has 1 heterocycles. The number of esters is 1. The smallest absolute Gasteiger partial charge is 0.344 e. The zero-order valence-corrected chi connectivity index (χ0v) is 17.1. The van der Waals surface area contributed by atoms with Crippen molar-refractivity contribution in [1.29, 1.82) is 0 Å². The van der Waals surface area contributed by atoms with Crippen LogP contribution in [0.3, 0.4) is 0 Å². The van der Waals surface area contributed by atoms with Crippen molar-refractivity contribution < 1.29 is 14.3 Å². The van der Waals surface area contributed by atoms with Crippen LogP contribution < -0.4 is 4.74 Å². The maximum Gasteiger partial charge on any atom is 0.344 e. The fourth-order valence-corrected chi connectivity index (χ4v) is 3.01. The van der Waals surface area contributed by atoms with E-state index in [9.17, 15) is 4.79 Å². The average molecular weight is 396 g/mol. The minimum atomic E-state index is -0.453. The van der Waals surface area contributed by atoms with E-state index < -0.39 is 5.97 Å². The normalized spacial score (nSPS) is 11.0. The van der Waals surface area contributed by atoms with Gasteiger partial charge in [0.15, 0.2) is 0 Å². The predicted octanol–water partition coefficient (Wildman–Crippen LogP) is 4.99. The molecule has 2 aromatic rings. The van der Waals surface area contributed by atoms with E-state index in [-0.39, 0.29) is 6.61 Å². The van der Waals surface area contributed by atoms with Crippen LogP contribution in [-0.4, -0.2) is 41.8 Å². The van der Waals surface area contributed by atoms with Crippen molar-refractivity contribution in [3.63, 3.8) is 0 Å². The molecule has 0 saturated heterocycles. The van der Waals surface area contributed by atoms with Gasteiger partial charge in [-0.25, -0.2) is 9.79 Å². The van der Waals surface area contributed by atoms with Crippen molar-refractivity contribution in [2.75, 3.05) is 20.2 Å². The van der Waals surface area contributed by atoms with Gasteiger partial charge in [0.25, 0.3) is 0 Å². The highest BCUT2D eigenvalue weighted by atomic mass is 35.5. The van der Waals surface area contributed by atoms with Gasteiger partial charge in [0.2, 0.25) is 5.06 Å². The molecule has 0 atom stereocenters. The summed E-state index contributed by atoms with van der Waals surface area (Å²) in [4.78, 5) is 18.5. The number of hydrogen-bond donors (Lipinski definition) is 0. The van der Waals surface area contributed by atoms with Crippen LogP contribution in [0.15, 0.2) is 17.1 Å². The maximum atomic E-state index is 12.1. The minimum Gasteiger partial charge on any atom is -0.462 e. The molecule has 1 aromatic heterocycles. The number of aliphatic imine (C=N–C) groups is 1. The molecule has 0 aliphatic rings. The van der Waals surface area contributed by atoms with Crippen LogP contribution in [0, 0.1) is 13.8 Å². The van der Waals surface area contributed by atoms with Gasteiger partial charge in [-0.15, -0.1) is 0 Å². The Balaban J connectivity index is 2.30. The lowest BCUT2D eigenvalue weighted by atomic mass is 10.2. The highest BCUT2D eigenvalue weighted by Crippen LogP contribution is 2.38. The first-order chi connectivity index (χ1) is 12.4. The third kappa shape index (κ3) is 4.74. The highest BCUT2D eigenvalue weighted by molar-refractivity contribution is 7.08. The first-order valence-electron chi connectivity index (χ1n) is 8.23. The second-order valence-corrected chi connectivity index (χ2v) is 6.78. The maximum absolute atomic E-state index is 12.1. The van der Waals surface area contributed by atoms with Gasteiger partial charge in [-0.2, -0.15) is 4.37 Å². The molecule has 1 aromatic carbocycles. The molecule has 0 amide bonds. The molecule has 0 aliphatic carbocycles. The number of carbonyl (C=O) groups excluding carboxylic acids is 1. The second-order valence-electron chi connectivity index (χ2n) is 5.64. The Morgan fingerprint density at radius 2 is 2.12 bits per heavy atom. The lowest BCUT2D eigenvalue weighted by Crippen LogP contribution is -2.14. The Morgan fingerprint density at radius 1 is 1.38 bits per heavy atom. The molecule has 2 rings (SSSR count). The van der Waals surface area contributed by atoms with Gasteiger partial charge in [-0.05, 0) is 45.4 Å². The number of ether oxygens (including phenoxy) is 2. The molecule has 0 N–H and O–H groups in total. The third-order valence-corrected chi connectivity index (χ3v) is 4.77. The van der Waals surface area contributed by atoms with Crippen molar-refractivity contribution >= 4 is 41.1 Å². The van der Waals surface area contributed by atoms with Crippen molar-refractivity contribution in [2.45, 2.75) is 27.7 Å². The van der Waals surface area contributed by atoms with E-state index in [0.29, 0.717) is 27.1 Å². The van der Waals surface area contributed by atoms with Gasteiger partial charge in [0.1, 0.15) is 11.3 Å². The summed E-state index contributed by atoms with van der Waals surface area (Å²) >= 11 is 7.45. The quantitative estimate of drug-likeness (QED) is 0.375. The Kier molecular flexibility index (Phi) is 6.99. The number of halogens is 1. The van der Waals surface area contributed by atoms with Crippen LogP contribution in [0.25, 0.3) is 0 Å². The number of aromatic nitrogens is 1. The molecular formula is C18H22ClN3O3S. The summed E-state index contributed by atoms with van der Waals surface area (Å²) in [5, 5.41) is 0.770.